The van der Waals surface area contributed by atoms with Crippen LogP contribution in [0.3, 0.4) is 0 Å². The van der Waals surface area contributed by atoms with Crippen molar-refractivity contribution in [2.45, 2.75) is 13.3 Å². The molecule has 2 aromatic rings. The van der Waals surface area contributed by atoms with Gasteiger partial charge in [0.25, 0.3) is 0 Å². The Morgan fingerprint density at radius 3 is 2.41 bits per heavy atom. The number of carbonyl (C=O) groups is 2. The van der Waals surface area contributed by atoms with Crippen molar-refractivity contribution >= 4 is 23.4 Å². The summed E-state index contributed by atoms with van der Waals surface area (Å²) in [4.78, 5) is 25.0. The molecule has 7 heteroatoms. The summed E-state index contributed by atoms with van der Waals surface area (Å²) in [6, 6.07) is 7.64. The average molecular weight is 419 g/mol. The smallest absolute Gasteiger partial charge is 0.350 e. The topological polar surface area (TPSA) is 61.8 Å². The lowest BCUT2D eigenvalue weighted by molar-refractivity contribution is -0.138. The van der Waals surface area contributed by atoms with Crippen molar-refractivity contribution < 1.29 is 28.2 Å². The molecule has 0 amide bonds. The fourth-order valence-electron chi connectivity index (χ4n) is 2.75. The molecule has 0 heterocycles. The third kappa shape index (κ3) is 4.86. The summed E-state index contributed by atoms with van der Waals surface area (Å²) in [5, 5.41) is -0.00883. The molecule has 0 aliphatic carbocycles. The number of Topliss-reactive ketones (excluding diaryl/α,β-unsaturated/α-hetero) is 1. The predicted molar refractivity (Wildman–Crippen MR) is 107 cm³/mol. The van der Waals surface area contributed by atoms with Crippen molar-refractivity contribution in [2.24, 2.45) is 0 Å². The van der Waals surface area contributed by atoms with Gasteiger partial charge in [-0.15, -0.1) is 5.73 Å². The summed E-state index contributed by atoms with van der Waals surface area (Å²) in [5.74, 6) is -1.51. The van der Waals surface area contributed by atoms with E-state index in [4.69, 9.17) is 25.8 Å². The summed E-state index contributed by atoms with van der Waals surface area (Å²) in [6.07, 6.45) is 0.104. The van der Waals surface area contributed by atoms with Crippen molar-refractivity contribution in [3.8, 4) is 11.5 Å². The van der Waals surface area contributed by atoms with Crippen LogP contribution in [-0.2, 0) is 16.0 Å². The Morgan fingerprint density at radius 2 is 1.83 bits per heavy atom. The molecule has 5 nitrogen and oxygen atoms in total. The van der Waals surface area contributed by atoms with Crippen LogP contribution in [0.1, 0.15) is 28.4 Å². The van der Waals surface area contributed by atoms with Crippen LogP contribution in [0.25, 0.3) is 0 Å². The first-order valence-corrected chi connectivity index (χ1v) is 9.05. The molecule has 29 heavy (non-hydrogen) atoms. The number of carbonyl (C=O) groups excluding carboxylic acids is 2. The highest BCUT2D eigenvalue weighted by molar-refractivity contribution is 6.30. The molecule has 0 bridgehead atoms. The zero-order valence-corrected chi connectivity index (χ0v) is 17.1. The van der Waals surface area contributed by atoms with Crippen LogP contribution >= 0.6 is 11.6 Å². The number of methoxy groups -OCH3 is 2. The second-order valence-corrected chi connectivity index (χ2v) is 6.26. The highest BCUT2D eigenvalue weighted by Crippen LogP contribution is 2.33. The summed E-state index contributed by atoms with van der Waals surface area (Å²) in [7, 11) is 2.82. The molecule has 0 N–H and O–H groups in total. The normalized spacial score (nSPS) is 10.1. The first-order valence-electron chi connectivity index (χ1n) is 8.67. The minimum absolute atomic E-state index is 0.00883. The van der Waals surface area contributed by atoms with E-state index in [-0.39, 0.29) is 34.9 Å². The Labute approximate surface area is 173 Å². The third-order valence-electron chi connectivity index (χ3n) is 4.14. The van der Waals surface area contributed by atoms with Crippen LogP contribution in [0, 0.1) is 5.82 Å². The number of hydrogen-bond donors (Lipinski definition) is 0. The molecule has 0 saturated carbocycles. The van der Waals surface area contributed by atoms with E-state index >= 15 is 0 Å². The number of esters is 1. The molecule has 152 valence electrons. The molecule has 0 atom stereocenters. The Morgan fingerprint density at radius 1 is 1.14 bits per heavy atom. The Hall–Kier alpha value is -3.08. The fourth-order valence-corrected chi connectivity index (χ4v) is 2.95. The van der Waals surface area contributed by atoms with E-state index in [0.717, 1.165) is 0 Å². The monoisotopic (exact) mass is 418 g/mol. The summed E-state index contributed by atoms with van der Waals surface area (Å²) < 4.78 is 29.9. The summed E-state index contributed by atoms with van der Waals surface area (Å²) in [6.45, 7) is 5.11. The van der Waals surface area contributed by atoms with E-state index in [1.165, 1.54) is 32.4 Å². The van der Waals surface area contributed by atoms with Crippen LogP contribution in [-0.4, -0.2) is 32.6 Å². The van der Waals surface area contributed by atoms with Crippen LogP contribution < -0.4 is 9.47 Å². The molecular formula is C22H20ClFO5. The van der Waals surface area contributed by atoms with Crippen molar-refractivity contribution in [2.75, 3.05) is 20.8 Å². The van der Waals surface area contributed by atoms with Crippen molar-refractivity contribution in [1.29, 1.82) is 0 Å². The van der Waals surface area contributed by atoms with Crippen LogP contribution in [0.2, 0.25) is 5.02 Å². The molecule has 0 saturated heterocycles. The molecule has 2 rings (SSSR count). The number of ether oxygens (including phenoxy) is 3. The van der Waals surface area contributed by atoms with Gasteiger partial charge in [0.15, 0.2) is 0 Å². The highest BCUT2D eigenvalue weighted by Gasteiger charge is 2.25. The Balaban J connectivity index is 2.57. The van der Waals surface area contributed by atoms with Gasteiger partial charge in [-0.25, -0.2) is 9.18 Å². The maximum atomic E-state index is 14.4. The van der Waals surface area contributed by atoms with Gasteiger partial charge >= 0.3 is 5.97 Å². The summed E-state index contributed by atoms with van der Waals surface area (Å²) >= 11 is 5.86. The van der Waals surface area contributed by atoms with E-state index in [0.29, 0.717) is 16.9 Å². The van der Waals surface area contributed by atoms with Gasteiger partial charge in [-0.1, -0.05) is 30.3 Å². The van der Waals surface area contributed by atoms with E-state index < -0.39 is 17.6 Å². The number of ketones is 1. The highest BCUT2D eigenvalue weighted by atomic mass is 35.5. The number of hydrogen-bond acceptors (Lipinski definition) is 5. The zero-order valence-electron chi connectivity index (χ0n) is 16.3. The SMILES string of the molecule is C=C=C(C(=O)OCC)C(=O)c1cc(Cc2cccc(Cl)c2F)c(OC)cc1OC. The predicted octanol–water partition coefficient (Wildman–Crippen LogP) is 4.54. The lowest BCUT2D eigenvalue weighted by Gasteiger charge is -2.15. The molecule has 2 aromatic carbocycles. The lowest BCUT2D eigenvalue weighted by Crippen LogP contribution is -2.16. The molecule has 0 unspecified atom stereocenters. The first-order chi connectivity index (χ1) is 13.9. The van der Waals surface area contributed by atoms with Crippen molar-refractivity contribution in [3.63, 3.8) is 0 Å². The number of rotatable bonds is 8. The quantitative estimate of drug-likeness (QED) is 0.157. The van der Waals surface area contributed by atoms with E-state index in [1.807, 2.05) is 0 Å². The van der Waals surface area contributed by atoms with Gasteiger partial charge in [0.05, 0.1) is 31.4 Å². The molecule has 0 radical (unpaired) electrons. The minimum atomic E-state index is -0.840. The molecular weight excluding hydrogens is 399 g/mol. The van der Waals surface area contributed by atoms with E-state index in [1.54, 1.807) is 19.1 Å². The largest absolute Gasteiger partial charge is 0.496 e. The zero-order chi connectivity index (χ0) is 21.6. The van der Waals surface area contributed by atoms with Crippen molar-refractivity contribution in [1.82, 2.24) is 0 Å². The molecule has 0 spiro atoms. The Bertz CT molecular complexity index is 993. The van der Waals surface area contributed by atoms with Gasteiger partial charge in [0.2, 0.25) is 5.78 Å². The van der Waals surface area contributed by atoms with Crippen LogP contribution in [0.5, 0.6) is 11.5 Å². The van der Waals surface area contributed by atoms with Gasteiger partial charge in [0, 0.05) is 12.5 Å². The van der Waals surface area contributed by atoms with Crippen molar-refractivity contribution in [3.05, 3.63) is 75.7 Å². The van der Waals surface area contributed by atoms with Crippen LogP contribution in [0.15, 0.2) is 48.2 Å². The fraction of sp³-hybridized carbons (Fsp3) is 0.227. The Kier molecular flexibility index (Phi) is 7.59. The number of benzene rings is 2. The number of halogens is 2. The molecule has 0 aromatic heterocycles. The van der Waals surface area contributed by atoms with Gasteiger partial charge in [-0.2, -0.15) is 0 Å². The maximum Gasteiger partial charge on any atom is 0.350 e. The second kappa shape index (κ2) is 9.92. The van der Waals surface area contributed by atoms with Gasteiger partial charge < -0.3 is 14.2 Å². The minimum Gasteiger partial charge on any atom is -0.496 e. The van der Waals surface area contributed by atoms with Gasteiger partial charge in [-0.05, 0) is 30.2 Å². The van der Waals surface area contributed by atoms with Crippen LogP contribution in [0.4, 0.5) is 4.39 Å². The molecule has 0 fully saturated rings. The summed E-state index contributed by atoms with van der Waals surface area (Å²) in [5.41, 5.74) is 2.88. The molecule has 0 aliphatic rings. The van der Waals surface area contributed by atoms with Gasteiger partial charge in [-0.3, -0.25) is 4.79 Å². The third-order valence-corrected chi connectivity index (χ3v) is 4.43. The average Bonchev–Trinajstić information content (AvgIpc) is 2.71. The second-order valence-electron chi connectivity index (χ2n) is 5.86. The lowest BCUT2D eigenvalue weighted by atomic mass is 9.96. The molecule has 0 aliphatic heterocycles. The van der Waals surface area contributed by atoms with E-state index in [2.05, 4.69) is 12.3 Å². The van der Waals surface area contributed by atoms with Gasteiger partial charge in [0.1, 0.15) is 22.9 Å². The van der Waals surface area contributed by atoms with E-state index in [9.17, 15) is 14.0 Å². The standard InChI is InChI=1S/C22H20ClFO5/c1-5-15(22(26)29-6-2)21(25)16-11-14(18(27-3)12-19(16)28-4)10-13-8-7-9-17(23)20(13)24/h7-9,11-12H,1,6,10H2,2-4H3. The maximum absolute atomic E-state index is 14.4. The first kappa shape index (κ1) is 22.2.